The summed E-state index contributed by atoms with van der Waals surface area (Å²) in [6.07, 6.45) is 5.41. The van der Waals surface area contributed by atoms with Crippen LogP contribution < -0.4 is 10.1 Å². The molecule has 0 spiro atoms. The quantitative estimate of drug-likeness (QED) is 0.543. The van der Waals surface area contributed by atoms with Crippen molar-refractivity contribution >= 4 is 35.0 Å². The number of halogens is 2. The zero-order chi connectivity index (χ0) is 23.1. The first-order valence-electron chi connectivity index (χ1n) is 11.1. The van der Waals surface area contributed by atoms with Crippen LogP contribution in [0.1, 0.15) is 50.2 Å². The van der Waals surface area contributed by atoms with Crippen LogP contribution in [-0.4, -0.2) is 35.4 Å². The normalized spacial score (nSPS) is 15.1. The van der Waals surface area contributed by atoms with Crippen LogP contribution in [0.15, 0.2) is 42.5 Å². The Balaban J connectivity index is 1.72. The van der Waals surface area contributed by atoms with Crippen molar-refractivity contribution in [3.8, 4) is 5.75 Å². The molecule has 0 saturated heterocycles. The molecule has 1 fully saturated rings. The van der Waals surface area contributed by atoms with Gasteiger partial charge in [-0.2, -0.15) is 0 Å². The highest BCUT2D eigenvalue weighted by Crippen LogP contribution is 2.24. The van der Waals surface area contributed by atoms with Gasteiger partial charge in [-0.05, 0) is 56.5 Å². The molecule has 1 unspecified atom stereocenters. The van der Waals surface area contributed by atoms with E-state index in [4.69, 9.17) is 27.9 Å². The second-order valence-electron chi connectivity index (χ2n) is 8.39. The predicted molar refractivity (Wildman–Crippen MR) is 128 cm³/mol. The number of amides is 2. The summed E-state index contributed by atoms with van der Waals surface area (Å²) < 4.78 is 5.69. The number of nitrogens with one attached hydrogen (secondary N) is 1. The van der Waals surface area contributed by atoms with Gasteiger partial charge in [0.15, 0.2) is 6.61 Å². The highest BCUT2D eigenvalue weighted by molar-refractivity contribution is 6.42. The number of ether oxygens (including phenoxy) is 1. The minimum Gasteiger partial charge on any atom is -0.484 e. The number of hydrogen-bond donors (Lipinski definition) is 1. The number of aryl methyl sites for hydroxylation is 1. The van der Waals surface area contributed by atoms with Crippen LogP contribution in [0, 0.1) is 6.92 Å². The fraction of sp³-hybridized carbons (Fsp3) is 0.440. The van der Waals surface area contributed by atoms with Crippen molar-refractivity contribution in [3.05, 3.63) is 63.6 Å². The molecule has 172 valence electrons. The molecule has 0 aliphatic heterocycles. The van der Waals surface area contributed by atoms with Gasteiger partial charge in [0.2, 0.25) is 5.91 Å². The molecule has 0 heterocycles. The molecule has 1 saturated carbocycles. The molecule has 1 atom stereocenters. The van der Waals surface area contributed by atoms with Crippen LogP contribution in [0.25, 0.3) is 0 Å². The molecule has 5 nitrogen and oxygen atoms in total. The molecule has 2 aromatic rings. The Hall–Kier alpha value is -2.24. The maximum Gasteiger partial charge on any atom is 0.261 e. The molecule has 1 N–H and O–H groups in total. The maximum atomic E-state index is 13.1. The van der Waals surface area contributed by atoms with Crippen molar-refractivity contribution in [2.75, 3.05) is 6.61 Å². The molecule has 3 rings (SSSR count). The topological polar surface area (TPSA) is 58.6 Å². The van der Waals surface area contributed by atoms with Crippen LogP contribution in [0.5, 0.6) is 5.75 Å². The average molecular weight is 477 g/mol. The number of benzene rings is 2. The highest BCUT2D eigenvalue weighted by Gasteiger charge is 2.28. The Bertz CT molecular complexity index is 927. The number of carbonyl (C=O) groups excluding carboxylic acids is 2. The van der Waals surface area contributed by atoms with Gasteiger partial charge in [0.05, 0.1) is 10.0 Å². The monoisotopic (exact) mass is 476 g/mol. The lowest BCUT2D eigenvalue weighted by Crippen LogP contribution is -2.51. The molecule has 32 heavy (non-hydrogen) atoms. The number of rotatable bonds is 8. The molecule has 0 bridgehead atoms. The van der Waals surface area contributed by atoms with Gasteiger partial charge >= 0.3 is 0 Å². The van der Waals surface area contributed by atoms with Gasteiger partial charge in [0.1, 0.15) is 11.8 Å². The summed E-state index contributed by atoms with van der Waals surface area (Å²) in [6.45, 7) is 3.80. The molecular formula is C25H30Cl2N2O3. The zero-order valence-electron chi connectivity index (χ0n) is 18.6. The van der Waals surface area contributed by atoms with Crippen molar-refractivity contribution in [3.63, 3.8) is 0 Å². The third kappa shape index (κ3) is 6.88. The highest BCUT2D eigenvalue weighted by atomic mass is 35.5. The molecule has 2 amide bonds. The molecule has 0 aromatic heterocycles. The lowest BCUT2D eigenvalue weighted by molar-refractivity contribution is -0.142. The van der Waals surface area contributed by atoms with E-state index in [-0.39, 0.29) is 31.0 Å². The van der Waals surface area contributed by atoms with Gasteiger partial charge in [-0.15, -0.1) is 0 Å². The predicted octanol–water partition coefficient (Wildman–Crippen LogP) is 5.55. The Kier molecular flexibility index (Phi) is 8.83. The van der Waals surface area contributed by atoms with Gasteiger partial charge in [-0.1, -0.05) is 66.2 Å². The van der Waals surface area contributed by atoms with Crippen LogP contribution >= 0.6 is 23.2 Å². The molecule has 0 radical (unpaired) electrons. The third-order valence-electron chi connectivity index (χ3n) is 5.84. The van der Waals surface area contributed by atoms with E-state index in [2.05, 4.69) is 5.32 Å². The largest absolute Gasteiger partial charge is 0.484 e. The molecule has 1 aliphatic carbocycles. The van der Waals surface area contributed by atoms with Crippen LogP contribution in [0.2, 0.25) is 10.0 Å². The Morgan fingerprint density at radius 3 is 2.41 bits per heavy atom. The van der Waals surface area contributed by atoms with E-state index in [1.165, 1.54) is 11.3 Å². The van der Waals surface area contributed by atoms with Gasteiger partial charge in [0.25, 0.3) is 5.91 Å². The summed E-state index contributed by atoms with van der Waals surface area (Å²) in [5.74, 6) is 0.182. The summed E-state index contributed by atoms with van der Waals surface area (Å²) in [4.78, 5) is 27.7. The second kappa shape index (κ2) is 11.6. The first-order chi connectivity index (χ1) is 15.3. The Morgan fingerprint density at radius 1 is 1.06 bits per heavy atom. The fourth-order valence-electron chi connectivity index (χ4n) is 3.85. The molecule has 7 heteroatoms. The van der Waals surface area contributed by atoms with Crippen molar-refractivity contribution in [1.29, 1.82) is 0 Å². The van der Waals surface area contributed by atoms with E-state index >= 15 is 0 Å². The van der Waals surface area contributed by atoms with Crippen molar-refractivity contribution in [2.45, 2.75) is 64.6 Å². The zero-order valence-corrected chi connectivity index (χ0v) is 20.1. The molecular weight excluding hydrogens is 447 g/mol. The van der Waals surface area contributed by atoms with E-state index < -0.39 is 6.04 Å². The average Bonchev–Trinajstić information content (AvgIpc) is 2.79. The van der Waals surface area contributed by atoms with Crippen molar-refractivity contribution < 1.29 is 14.3 Å². The van der Waals surface area contributed by atoms with E-state index in [1.807, 2.05) is 31.2 Å². The van der Waals surface area contributed by atoms with Crippen LogP contribution in [0.4, 0.5) is 0 Å². The van der Waals surface area contributed by atoms with Crippen molar-refractivity contribution in [1.82, 2.24) is 10.2 Å². The maximum absolute atomic E-state index is 13.1. The smallest absolute Gasteiger partial charge is 0.261 e. The third-order valence-corrected chi connectivity index (χ3v) is 6.58. The van der Waals surface area contributed by atoms with Crippen LogP contribution in [-0.2, 0) is 16.1 Å². The minimum atomic E-state index is -0.652. The Morgan fingerprint density at radius 2 is 1.75 bits per heavy atom. The summed E-state index contributed by atoms with van der Waals surface area (Å²) in [6, 6.07) is 12.2. The molecule has 1 aliphatic rings. The SMILES string of the molecule is Cc1ccc(OCC(=O)N(Cc2ccc(Cl)c(Cl)c2)C(C)C(=O)NC2CCCCC2)cc1. The second-order valence-corrected chi connectivity index (χ2v) is 9.21. The number of nitrogens with zero attached hydrogens (tertiary/aromatic N) is 1. The lowest BCUT2D eigenvalue weighted by Gasteiger charge is -2.31. The van der Waals surface area contributed by atoms with E-state index in [0.717, 1.165) is 36.8 Å². The van der Waals surface area contributed by atoms with Gasteiger partial charge < -0.3 is 15.0 Å². The standard InChI is InChI=1S/C25H30Cl2N2O3/c1-17-8-11-21(12-9-17)32-16-24(30)29(15-19-10-13-22(26)23(27)14-19)18(2)25(31)28-20-6-4-3-5-7-20/h8-14,18,20H,3-7,15-16H2,1-2H3,(H,28,31). The molecule has 2 aromatic carbocycles. The summed E-state index contributed by atoms with van der Waals surface area (Å²) in [5.41, 5.74) is 1.90. The van der Waals surface area contributed by atoms with Gasteiger partial charge in [-0.25, -0.2) is 0 Å². The lowest BCUT2D eigenvalue weighted by atomic mass is 9.95. The van der Waals surface area contributed by atoms with Gasteiger partial charge in [0, 0.05) is 12.6 Å². The fourth-order valence-corrected chi connectivity index (χ4v) is 4.17. The van der Waals surface area contributed by atoms with Gasteiger partial charge in [-0.3, -0.25) is 9.59 Å². The number of carbonyl (C=O) groups is 2. The summed E-state index contributed by atoms with van der Waals surface area (Å²) >= 11 is 12.2. The van der Waals surface area contributed by atoms with Crippen molar-refractivity contribution in [2.24, 2.45) is 0 Å². The Labute approximate surface area is 200 Å². The summed E-state index contributed by atoms with van der Waals surface area (Å²) in [5, 5.41) is 3.97. The van der Waals surface area contributed by atoms with E-state index in [1.54, 1.807) is 25.1 Å². The van der Waals surface area contributed by atoms with E-state index in [0.29, 0.717) is 15.8 Å². The van der Waals surface area contributed by atoms with E-state index in [9.17, 15) is 9.59 Å². The number of hydrogen-bond acceptors (Lipinski definition) is 3. The first kappa shape index (κ1) is 24.4. The minimum absolute atomic E-state index is 0.152. The van der Waals surface area contributed by atoms with Crippen LogP contribution in [0.3, 0.4) is 0 Å². The first-order valence-corrected chi connectivity index (χ1v) is 11.8. The summed E-state index contributed by atoms with van der Waals surface area (Å²) in [7, 11) is 0.